The van der Waals surface area contributed by atoms with E-state index in [1.165, 1.54) is 25.1 Å². The van der Waals surface area contributed by atoms with Crippen LogP contribution in [0, 0.1) is 5.82 Å². The van der Waals surface area contributed by atoms with E-state index < -0.39 is 57.0 Å². The number of alkyl halides is 3. The van der Waals surface area contributed by atoms with Crippen molar-refractivity contribution in [2.75, 3.05) is 15.8 Å². The van der Waals surface area contributed by atoms with E-state index >= 15 is 0 Å². The first kappa shape index (κ1) is 28.3. The smallest absolute Gasteiger partial charge is 0.393 e. The molecule has 0 unspecified atom stereocenters. The Kier molecular flexibility index (Phi) is 7.42. The number of rotatable bonds is 9. The van der Waals surface area contributed by atoms with Crippen LogP contribution in [0.1, 0.15) is 28.5 Å². The zero-order valence-electron chi connectivity index (χ0n) is 20.5. The highest BCUT2D eigenvalue weighted by molar-refractivity contribution is 7.92. The van der Waals surface area contributed by atoms with Gasteiger partial charge in [-0.2, -0.15) is 18.3 Å². The van der Waals surface area contributed by atoms with Gasteiger partial charge in [0.25, 0.3) is 5.91 Å². The molecule has 4 aromatic rings. The monoisotopic (exact) mass is 583 g/mol. The van der Waals surface area contributed by atoms with Gasteiger partial charge in [-0.05, 0) is 48.4 Å². The van der Waals surface area contributed by atoms with E-state index in [0.717, 1.165) is 0 Å². The highest BCUT2D eigenvalue weighted by atomic mass is 32.2. The lowest BCUT2D eigenvalue weighted by Crippen LogP contribution is -2.17. The summed E-state index contributed by atoms with van der Waals surface area (Å²) in [5.74, 6) is -4.26. The molecular weight excluding hydrogens is 562 g/mol. The molecule has 0 aliphatic heterocycles. The number of hydrogen-bond acceptors (Lipinski definition) is 9. The number of sulfonamides is 1. The van der Waals surface area contributed by atoms with Gasteiger partial charge in [0.05, 0.1) is 23.2 Å². The summed E-state index contributed by atoms with van der Waals surface area (Å²) in [4.78, 5) is 20.3. The highest BCUT2D eigenvalue weighted by Gasteiger charge is 2.31. The molecule has 2 heterocycles. The number of nitrogens with zero attached hydrogens (tertiary/aromatic N) is 3. The Labute approximate surface area is 223 Å². The van der Waals surface area contributed by atoms with Crippen LogP contribution in [0.5, 0.6) is 11.5 Å². The number of anilines is 2. The predicted molar refractivity (Wildman–Crippen MR) is 136 cm³/mol. The fourth-order valence-corrected chi connectivity index (χ4v) is 4.45. The van der Waals surface area contributed by atoms with E-state index in [9.17, 15) is 41.0 Å². The number of nitrogens with one attached hydrogen (secondary N) is 3. The van der Waals surface area contributed by atoms with Gasteiger partial charge in [-0.3, -0.25) is 14.6 Å². The van der Waals surface area contributed by atoms with Crippen molar-refractivity contribution in [2.24, 2.45) is 5.73 Å². The summed E-state index contributed by atoms with van der Waals surface area (Å²) in [5.41, 5.74) is 4.33. The molecule has 0 spiro atoms. The summed E-state index contributed by atoms with van der Waals surface area (Å²) in [5, 5.41) is 28.7. The maximum atomic E-state index is 14.3. The van der Waals surface area contributed by atoms with Gasteiger partial charge < -0.3 is 21.3 Å². The van der Waals surface area contributed by atoms with Crippen molar-refractivity contribution in [3.05, 3.63) is 53.0 Å². The van der Waals surface area contributed by atoms with Crippen molar-refractivity contribution >= 4 is 38.5 Å². The first-order valence-corrected chi connectivity index (χ1v) is 13.0. The molecule has 2 aromatic carbocycles. The number of hydrogen-bond donors (Lipinski definition) is 6. The van der Waals surface area contributed by atoms with Crippen LogP contribution in [0.4, 0.5) is 29.1 Å². The van der Waals surface area contributed by atoms with Gasteiger partial charge in [0, 0.05) is 12.1 Å². The van der Waals surface area contributed by atoms with Crippen molar-refractivity contribution in [1.29, 1.82) is 0 Å². The quantitative estimate of drug-likeness (QED) is 0.127. The minimum absolute atomic E-state index is 0.0521. The Bertz CT molecular complexity index is 1730. The molecule has 212 valence electrons. The molecular formula is C23H21F4N7O5S. The van der Waals surface area contributed by atoms with Crippen LogP contribution in [0.15, 0.2) is 30.3 Å². The maximum absolute atomic E-state index is 14.3. The Balaban J connectivity index is 1.85. The molecule has 0 atom stereocenters. The Hall–Kier alpha value is -4.67. The Morgan fingerprint density at radius 3 is 2.50 bits per heavy atom. The average molecular weight is 584 g/mol. The third kappa shape index (κ3) is 6.14. The van der Waals surface area contributed by atoms with Crippen LogP contribution in [0.25, 0.3) is 22.4 Å². The molecule has 7 N–H and O–H groups in total. The van der Waals surface area contributed by atoms with E-state index in [1.54, 1.807) is 0 Å². The van der Waals surface area contributed by atoms with Gasteiger partial charge in [-0.25, -0.2) is 22.8 Å². The molecule has 1 amide bonds. The standard InChI is InChI=1S/C23H21F4N7O5S/c1-2-40(38,39)34-15-4-3-12(35)5-11(15)9-29-21-17-18(19(28)37)32-33-22(17)31-20(30-21)13-7-14(24)16(36)6-10(13)8-23(25,26)27/h3-7,34-36H,2,8-9H2,1H3,(H2,28,37)(H2,29,30,31,32,33). The maximum Gasteiger partial charge on any atom is 0.393 e. The summed E-state index contributed by atoms with van der Waals surface area (Å²) in [6.07, 6.45) is -6.27. The molecule has 0 saturated heterocycles. The number of carbonyl (C=O) groups excluding carboxylic acids is 1. The third-order valence-electron chi connectivity index (χ3n) is 5.64. The number of nitrogens with two attached hydrogens (primary N) is 1. The number of phenolic OH excluding ortho intramolecular Hbond substituents is 2. The summed E-state index contributed by atoms with van der Waals surface area (Å²) in [7, 11) is -3.71. The molecule has 4 rings (SSSR count). The molecule has 40 heavy (non-hydrogen) atoms. The molecule has 0 radical (unpaired) electrons. The van der Waals surface area contributed by atoms with Crippen LogP contribution in [0.3, 0.4) is 0 Å². The number of halogens is 4. The van der Waals surface area contributed by atoms with Crippen molar-refractivity contribution in [1.82, 2.24) is 20.2 Å². The molecule has 0 bridgehead atoms. The molecule has 0 aliphatic rings. The number of benzene rings is 2. The summed E-state index contributed by atoms with van der Waals surface area (Å²) < 4.78 is 80.6. The lowest BCUT2D eigenvalue weighted by Gasteiger charge is -2.15. The van der Waals surface area contributed by atoms with Gasteiger partial charge in [0.15, 0.2) is 23.0 Å². The number of amides is 1. The summed E-state index contributed by atoms with van der Waals surface area (Å²) in [6.45, 7) is 1.19. The number of aromatic nitrogens is 4. The first-order valence-electron chi connectivity index (χ1n) is 11.4. The molecule has 17 heteroatoms. The second kappa shape index (κ2) is 10.5. The van der Waals surface area contributed by atoms with Crippen LogP contribution in [-0.2, 0) is 23.0 Å². The van der Waals surface area contributed by atoms with E-state index in [-0.39, 0.29) is 51.8 Å². The SMILES string of the molecule is CCS(=O)(=O)Nc1ccc(O)cc1CNc1nc(-c2cc(F)c(O)cc2CC(F)(F)F)nc2n[nH]c(C(N)=O)c12. The zero-order valence-corrected chi connectivity index (χ0v) is 21.3. The third-order valence-corrected chi connectivity index (χ3v) is 6.94. The summed E-state index contributed by atoms with van der Waals surface area (Å²) in [6, 6.07) is 5.06. The van der Waals surface area contributed by atoms with Gasteiger partial charge in [-0.1, -0.05) is 0 Å². The second-order valence-corrected chi connectivity index (χ2v) is 10.5. The minimum Gasteiger partial charge on any atom is -0.508 e. The van der Waals surface area contributed by atoms with E-state index in [4.69, 9.17) is 5.73 Å². The first-order chi connectivity index (χ1) is 18.7. The number of aromatic amines is 1. The summed E-state index contributed by atoms with van der Waals surface area (Å²) >= 11 is 0. The molecule has 0 aliphatic carbocycles. The molecule has 12 nitrogen and oxygen atoms in total. The van der Waals surface area contributed by atoms with E-state index in [1.807, 2.05) is 0 Å². The van der Waals surface area contributed by atoms with Crippen LogP contribution in [0.2, 0.25) is 0 Å². The minimum atomic E-state index is -4.73. The molecule has 0 fully saturated rings. The van der Waals surface area contributed by atoms with Crippen molar-refractivity contribution in [3.8, 4) is 22.9 Å². The predicted octanol–water partition coefficient (Wildman–Crippen LogP) is 3.15. The number of phenols is 2. The average Bonchev–Trinajstić information content (AvgIpc) is 3.29. The van der Waals surface area contributed by atoms with Gasteiger partial charge in [-0.15, -0.1) is 0 Å². The number of aromatic hydroxyl groups is 2. The topological polar surface area (TPSA) is 196 Å². The van der Waals surface area contributed by atoms with Crippen LogP contribution in [-0.4, -0.2) is 56.6 Å². The van der Waals surface area contributed by atoms with Gasteiger partial charge in [0.1, 0.15) is 17.3 Å². The van der Waals surface area contributed by atoms with Crippen LogP contribution < -0.4 is 15.8 Å². The Morgan fingerprint density at radius 1 is 1.12 bits per heavy atom. The molecule has 0 saturated carbocycles. The van der Waals surface area contributed by atoms with E-state index in [2.05, 4.69) is 30.2 Å². The van der Waals surface area contributed by atoms with Crippen LogP contribution >= 0.6 is 0 Å². The normalized spacial score (nSPS) is 12.0. The van der Waals surface area contributed by atoms with Crippen molar-refractivity contribution in [3.63, 3.8) is 0 Å². The largest absolute Gasteiger partial charge is 0.508 e. The number of H-pyrrole nitrogens is 1. The van der Waals surface area contributed by atoms with Gasteiger partial charge in [0.2, 0.25) is 10.0 Å². The highest BCUT2D eigenvalue weighted by Crippen LogP contribution is 2.35. The second-order valence-electron chi connectivity index (χ2n) is 8.51. The van der Waals surface area contributed by atoms with Gasteiger partial charge >= 0.3 is 6.18 Å². The zero-order chi connectivity index (χ0) is 29.4. The number of fused-ring (bicyclic) bond motifs is 1. The lowest BCUT2D eigenvalue weighted by molar-refractivity contribution is -0.127. The number of carbonyl (C=O) groups is 1. The lowest BCUT2D eigenvalue weighted by atomic mass is 10.0. The van der Waals surface area contributed by atoms with Crippen molar-refractivity contribution in [2.45, 2.75) is 26.1 Å². The van der Waals surface area contributed by atoms with E-state index in [0.29, 0.717) is 12.1 Å². The fraction of sp³-hybridized carbons (Fsp3) is 0.217. The Morgan fingerprint density at radius 2 is 1.85 bits per heavy atom. The van der Waals surface area contributed by atoms with Crippen molar-refractivity contribution < 1.29 is 41.0 Å². The fourth-order valence-electron chi connectivity index (χ4n) is 3.77. The number of primary amides is 1. The molecule has 2 aromatic heterocycles.